The van der Waals surface area contributed by atoms with Crippen LogP contribution < -0.4 is 15.4 Å². The van der Waals surface area contributed by atoms with Crippen molar-refractivity contribution in [2.75, 3.05) is 19.6 Å². The molecule has 12 nitrogen and oxygen atoms in total. The minimum absolute atomic E-state index is 0.120. The first-order valence-electron chi connectivity index (χ1n) is 10.4. The Morgan fingerprint density at radius 1 is 1.15 bits per heavy atom. The van der Waals surface area contributed by atoms with E-state index in [9.17, 15) is 32.9 Å². The van der Waals surface area contributed by atoms with Gasteiger partial charge in [0.25, 0.3) is 11.6 Å². The number of imide groups is 1. The van der Waals surface area contributed by atoms with Gasteiger partial charge in [0.05, 0.1) is 9.82 Å². The Hall–Kier alpha value is -3.84. The molecule has 2 aromatic rings. The van der Waals surface area contributed by atoms with Gasteiger partial charge in [-0.05, 0) is 30.0 Å². The second kappa shape index (κ2) is 8.83. The largest absolute Gasteiger partial charge is 0.353 e. The van der Waals surface area contributed by atoms with E-state index in [0.717, 1.165) is 22.1 Å². The molecule has 0 bridgehead atoms. The molecule has 1 aliphatic heterocycles. The van der Waals surface area contributed by atoms with Crippen LogP contribution in [0, 0.1) is 10.1 Å². The summed E-state index contributed by atoms with van der Waals surface area (Å²) in [4.78, 5) is 48.5. The molecule has 4 rings (SSSR count). The van der Waals surface area contributed by atoms with Gasteiger partial charge in [0.2, 0.25) is 15.9 Å². The zero-order chi connectivity index (χ0) is 24.5. The van der Waals surface area contributed by atoms with Crippen LogP contribution in [0.5, 0.6) is 0 Å². The molecule has 0 saturated carbocycles. The fourth-order valence-electron chi connectivity index (χ4n) is 4.17. The van der Waals surface area contributed by atoms with Crippen LogP contribution >= 0.6 is 0 Å². The van der Waals surface area contributed by atoms with E-state index in [2.05, 4.69) is 15.4 Å². The highest BCUT2D eigenvalue weighted by atomic mass is 32.2. The highest BCUT2D eigenvalue weighted by Crippen LogP contribution is 2.41. The number of hydrogen-bond acceptors (Lipinski definition) is 7. The summed E-state index contributed by atoms with van der Waals surface area (Å²) >= 11 is 0. The first-order valence-corrected chi connectivity index (χ1v) is 11.9. The molecule has 1 spiro atoms. The van der Waals surface area contributed by atoms with E-state index in [4.69, 9.17) is 0 Å². The maximum atomic E-state index is 13.1. The Morgan fingerprint density at radius 3 is 2.68 bits per heavy atom. The summed E-state index contributed by atoms with van der Waals surface area (Å²) in [7, 11) is -4.03. The summed E-state index contributed by atoms with van der Waals surface area (Å²) in [5.74, 6) is -1.13. The van der Waals surface area contributed by atoms with Gasteiger partial charge < -0.3 is 10.6 Å². The standard InChI is InChI=1S/C21H21N5O7S/c27-18(22-10-11-23-34(32,33)16-6-3-5-15(12-16)26(30)31)13-25-19(28)21(24-20(25)29)9-8-14-4-1-2-7-17(14)21/h1-7,12,23H,8-11,13H2,(H,22,27)(H,24,29)/t21-/m1/s1. The van der Waals surface area contributed by atoms with Crippen LogP contribution in [0.15, 0.2) is 53.4 Å². The lowest BCUT2D eigenvalue weighted by Gasteiger charge is -2.22. The zero-order valence-corrected chi connectivity index (χ0v) is 18.6. The lowest BCUT2D eigenvalue weighted by Crippen LogP contribution is -2.44. The molecule has 0 radical (unpaired) electrons. The predicted molar refractivity (Wildman–Crippen MR) is 118 cm³/mol. The van der Waals surface area contributed by atoms with Gasteiger partial charge in [0, 0.05) is 25.2 Å². The monoisotopic (exact) mass is 487 g/mol. The SMILES string of the molecule is O=C(CN1C(=O)N[C@@]2(CCc3ccccc32)C1=O)NCCNS(=O)(=O)c1cccc([N+](=O)[O-])c1. The van der Waals surface area contributed by atoms with Crippen LogP contribution in [0.1, 0.15) is 17.5 Å². The smallest absolute Gasteiger partial charge is 0.325 e. The highest BCUT2D eigenvalue weighted by Gasteiger charge is 2.55. The molecule has 0 unspecified atom stereocenters. The first kappa shape index (κ1) is 23.3. The number of non-ortho nitro benzene ring substituents is 1. The number of amides is 4. The highest BCUT2D eigenvalue weighted by molar-refractivity contribution is 7.89. The molecule has 178 valence electrons. The van der Waals surface area contributed by atoms with Gasteiger partial charge in [0.15, 0.2) is 0 Å². The van der Waals surface area contributed by atoms with Gasteiger partial charge in [-0.3, -0.25) is 24.6 Å². The molecular weight excluding hydrogens is 466 g/mol. The van der Waals surface area contributed by atoms with Crippen LogP contribution in [0.4, 0.5) is 10.5 Å². The van der Waals surface area contributed by atoms with Crippen LogP contribution in [0.3, 0.4) is 0 Å². The van der Waals surface area contributed by atoms with Gasteiger partial charge in [-0.1, -0.05) is 30.3 Å². The molecule has 1 heterocycles. The normalized spacial score (nSPS) is 19.2. The molecule has 13 heteroatoms. The molecule has 1 saturated heterocycles. The minimum Gasteiger partial charge on any atom is -0.353 e. The molecule has 3 N–H and O–H groups in total. The second-order valence-corrected chi connectivity index (χ2v) is 9.65. The predicted octanol–water partition coefficient (Wildman–Crippen LogP) is 0.383. The maximum Gasteiger partial charge on any atom is 0.325 e. The summed E-state index contributed by atoms with van der Waals surface area (Å²) in [6.45, 7) is -0.828. The van der Waals surface area contributed by atoms with Crippen molar-refractivity contribution in [3.63, 3.8) is 0 Å². The quantitative estimate of drug-likeness (QED) is 0.209. The summed E-state index contributed by atoms with van der Waals surface area (Å²) in [5, 5.41) is 16.0. The van der Waals surface area contributed by atoms with Crippen LogP contribution in [-0.2, 0) is 31.6 Å². The van der Waals surface area contributed by atoms with Gasteiger partial charge in [-0.25, -0.2) is 17.9 Å². The van der Waals surface area contributed by atoms with Gasteiger partial charge in [0.1, 0.15) is 12.1 Å². The van der Waals surface area contributed by atoms with Crippen LogP contribution in [0.2, 0.25) is 0 Å². The number of benzene rings is 2. The third kappa shape index (κ3) is 4.22. The van der Waals surface area contributed by atoms with Crippen molar-refractivity contribution in [3.8, 4) is 0 Å². The van der Waals surface area contributed by atoms with Crippen molar-refractivity contribution in [3.05, 3.63) is 69.8 Å². The fraction of sp³-hybridized carbons (Fsp3) is 0.286. The molecule has 1 atom stereocenters. The molecular formula is C21H21N5O7S. The number of nitrogens with one attached hydrogen (secondary N) is 3. The second-order valence-electron chi connectivity index (χ2n) is 7.89. The van der Waals surface area contributed by atoms with E-state index >= 15 is 0 Å². The molecule has 1 aliphatic carbocycles. The van der Waals surface area contributed by atoms with Crippen LogP contribution in [0.25, 0.3) is 0 Å². The summed E-state index contributed by atoms with van der Waals surface area (Å²) in [5.41, 5.74) is 0.166. The molecule has 2 aliphatic rings. The number of aryl methyl sites for hydroxylation is 1. The van der Waals surface area contributed by atoms with E-state index in [0.29, 0.717) is 12.8 Å². The Kier molecular flexibility index (Phi) is 6.06. The number of urea groups is 1. The Labute approximate surface area is 194 Å². The Bertz CT molecular complexity index is 1300. The first-order chi connectivity index (χ1) is 16.1. The van der Waals surface area contributed by atoms with E-state index in [1.165, 1.54) is 18.2 Å². The van der Waals surface area contributed by atoms with Crippen molar-refractivity contribution in [1.82, 2.24) is 20.3 Å². The molecule has 2 aromatic carbocycles. The number of sulfonamides is 1. The van der Waals surface area contributed by atoms with Gasteiger partial charge in [-0.15, -0.1) is 0 Å². The summed E-state index contributed by atoms with van der Waals surface area (Å²) < 4.78 is 26.9. The third-order valence-electron chi connectivity index (χ3n) is 5.80. The average Bonchev–Trinajstić information content (AvgIpc) is 3.30. The van der Waals surface area contributed by atoms with Crippen molar-refractivity contribution >= 4 is 33.6 Å². The van der Waals surface area contributed by atoms with Crippen LogP contribution in [-0.4, -0.2) is 55.7 Å². The van der Waals surface area contributed by atoms with E-state index < -0.39 is 44.9 Å². The number of nitro benzene ring substituents is 1. The van der Waals surface area contributed by atoms with Crippen molar-refractivity contribution in [2.24, 2.45) is 0 Å². The zero-order valence-electron chi connectivity index (χ0n) is 17.8. The molecule has 0 aromatic heterocycles. The number of hydrogen-bond donors (Lipinski definition) is 3. The topological polar surface area (TPSA) is 168 Å². The lowest BCUT2D eigenvalue weighted by atomic mass is 9.92. The Balaban J connectivity index is 1.31. The van der Waals surface area contributed by atoms with E-state index in [1.807, 2.05) is 12.1 Å². The number of carbonyl (C=O) groups is 3. The number of fused-ring (bicyclic) bond motifs is 2. The number of nitro groups is 1. The molecule has 34 heavy (non-hydrogen) atoms. The van der Waals surface area contributed by atoms with Crippen molar-refractivity contribution in [1.29, 1.82) is 0 Å². The van der Waals surface area contributed by atoms with E-state index in [1.54, 1.807) is 12.1 Å². The molecule has 1 fully saturated rings. The summed E-state index contributed by atoms with van der Waals surface area (Å²) in [6.07, 6.45) is 1.04. The van der Waals surface area contributed by atoms with Crippen molar-refractivity contribution in [2.45, 2.75) is 23.3 Å². The van der Waals surface area contributed by atoms with Gasteiger partial charge >= 0.3 is 6.03 Å². The number of rotatable bonds is 8. The fourth-order valence-corrected chi connectivity index (χ4v) is 5.24. The number of nitrogens with zero attached hydrogens (tertiary/aromatic N) is 2. The van der Waals surface area contributed by atoms with E-state index in [-0.39, 0.29) is 23.7 Å². The van der Waals surface area contributed by atoms with Gasteiger partial charge in [-0.2, -0.15) is 0 Å². The maximum absolute atomic E-state index is 13.1. The third-order valence-corrected chi connectivity index (χ3v) is 7.26. The van der Waals surface area contributed by atoms with Crippen molar-refractivity contribution < 1.29 is 27.7 Å². The average molecular weight is 487 g/mol. The lowest BCUT2D eigenvalue weighted by molar-refractivity contribution is -0.385. The minimum atomic E-state index is -4.03. The Morgan fingerprint density at radius 2 is 1.91 bits per heavy atom. The molecule has 4 amide bonds. The number of carbonyl (C=O) groups excluding carboxylic acids is 3. The summed E-state index contributed by atoms with van der Waals surface area (Å²) in [6, 6.07) is 11.2.